The van der Waals surface area contributed by atoms with Crippen molar-refractivity contribution in [2.45, 2.75) is 16.7 Å². The number of hydrogen-bond acceptors (Lipinski definition) is 4. The van der Waals surface area contributed by atoms with Gasteiger partial charge in [-0.2, -0.15) is 0 Å². The van der Waals surface area contributed by atoms with Crippen LogP contribution >= 0.6 is 11.8 Å². The van der Waals surface area contributed by atoms with Crippen molar-refractivity contribution in [3.63, 3.8) is 0 Å². The number of anilines is 2. The first-order valence-electron chi connectivity index (χ1n) is 7.21. The van der Waals surface area contributed by atoms with Gasteiger partial charge in [-0.05, 0) is 36.4 Å². The minimum Gasteiger partial charge on any atom is -0.325 e. The Morgan fingerprint density at radius 1 is 1.25 bits per heavy atom. The Balaban J connectivity index is 1.92. The van der Waals surface area contributed by atoms with E-state index in [1.165, 1.54) is 42.1 Å². The quantitative estimate of drug-likeness (QED) is 0.874. The predicted molar refractivity (Wildman–Crippen MR) is 92.2 cm³/mol. The summed E-state index contributed by atoms with van der Waals surface area (Å²) in [6.07, 6.45) is 0. The zero-order valence-electron chi connectivity index (χ0n) is 12.7. The molecule has 0 radical (unpaired) electrons. The maximum absolute atomic E-state index is 13.2. The molecular weight excluding hydrogens is 351 g/mol. The predicted octanol–water partition coefficient (Wildman–Crippen LogP) is 3.31. The van der Waals surface area contributed by atoms with E-state index in [1.54, 1.807) is 6.07 Å². The third-order valence-corrected chi connectivity index (χ3v) is 6.25. The molecule has 5 nitrogen and oxygen atoms in total. The van der Waals surface area contributed by atoms with Crippen LogP contribution in [0.25, 0.3) is 0 Å². The highest BCUT2D eigenvalue weighted by atomic mass is 32.2. The summed E-state index contributed by atoms with van der Waals surface area (Å²) < 4.78 is 40.5. The van der Waals surface area contributed by atoms with Crippen LogP contribution in [-0.4, -0.2) is 20.1 Å². The van der Waals surface area contributed by atoms with Crippen molar-refractivity contribution >= 4 is 39.1 Å². The monoisotopic (exact) mass is 366 g/mol. The van der Waals surface area contributed by atoms with Gasteiger partial charge in [0.25, 0.3) is 10.0 Å². The van der Waals surface area contributed by atoms with Gasteiger partial charge in [0.2, 0.25) is 5.91 Å². The molecule has 1 amide bonds. The average Bonchev–Trinajstić information content (AvgIpc) is 2.66. The van der Waals surface area contributed by atoms with Gasteiger partial charge in [-0.1, -0.05) is 13.0 Å². The summed E-state index contributed by atoms with van der Waals surface area (Å²) in [7, 11) is -3.88. The van der Waals surface area contributed by atoms with Crippen molar-refractivity contribution in [3.05, 3.63) is 48.3 Å². The first kappa shape index (κ1) is 16.8. The number of rotatable bonds is 3. The van der Waals surface area contributed by atoms with Crippen LogP contribution in [0.2, 0.25) is 0 Å². The molecule has 1 heterocycles. The second kappa shape index (κ2) is 6.45. The molecule has 0 aliphatic carbocycles. The second-order valence-corrected chi connectivity index (χ2v) is 8.22. The summed E-state index contributed by atoms with van der Waals surface area (Å²) in [5, 5.41) is 2.75. The normalized spacial score (nSPS) is 17.6. The molecule has 0 aromatic heterocycles. The minimum absolute atomic E-state index is 0.000893. The van der Waals surface area contributed by atoms with E-state index in [-0.39, 0.29) is 22.4 Å². The Bertz CT molecular complexity index is 900. The van der Waals surface area contributed by atoms with Crippen LogP contribution in [0.15, 0.2) is 52.3 Å². The van der Waals surface area contributed by atoms with Crippen LogP contribution in [0.1, 0.15) is 6.92 Å². The third-order valence-electron chi connectivity index (χ3n) is 3.53. The van der Waals surface area contributed by atoms with Gasteiger partial charge in [0.05, 0.1) is 16.3 Å². The van der Waals surface area contributed by atoms with Gasteiger partial charge >= 0.3 is 0 Å². The van der Waals surface area contributed by atoms with Crippen LogP contribution in [0.3, 0.4) is 0 Å². The largest absolute Gasteiger partial charge is 0.325 e. The van der Waals surface area contributed by atoms with E-state index >= 15 is 0 Å². The van der Waals surface area contributed by atoms with Gasteiger partial charge < -0.3 is 5.32 Å². The molecule has 1 aliphatic rings. The summed E-state index contributed by atoms with van der Waals surface area (Å²) in [5.41, 5.74) is 0.605. The minimum atomic E-state index is -3.88. The topological polar surface area (TPSA) is 75.3 Å². The van der Waals surface area contributed by atoms with Gasteiger partial charge in [0, 0.05) is 16.6 Å². The molecule has 0 bridgehead atoms. The van der Waals surface area contributed by atoms with Crippen molar-refractivity contribution in [2.24, 2.45) is 5.92 Å². The molecule has 126 valence electrons. The highest BCUT2D eigenvalue weighted by molar-refractivity contribution is 7.99. The first-order chi connectivity index (χ1) is 11.3. The van der Waals surface area contributed by atoms with Crippen LogP contribution in [0.5, 0.6) is 0 Å². The first-order valence-corrected chi connectivity index (χ1v) is 9.68. The van der Waals surface area contributed by atoms with E-state index < -0.39 is 15.8 Å². The SMILES string of the molecule is C[C@@H]1CSc2ccc(S(=O)(=O)Nc3cccc(F)c3)cc2NC1=O. The van der Waals surface area contributed by atoms with Crippen molar-refractivity contribution in [2.75, 3.05) is 15.8 Å². The van der Waals surface area contributed by atoms with Crippen LogP contribution < -0.4 is 10.0 Å². The molecule has 24 heavy (non-hydrogen) atoms. The van der Waals surface area contributed by atoms with Gasteiger partial charge in [-0.15, -0.1) is 11.8 Å². The zero-order valence-corrected chi connectivity index (χ0v) is 14.4. The zero-order chi connectivity index (χ0) is 17.3. The average molecular weight is 366 g/mol. The highest BCUT2D eigenvalue weighted by Crippen LogP contribution is 2.34. The molecule has 0 saturated heterocycles. The number of thioether (sulfide) groups is 1. The highest BCUT2D eigenvalue weighted by Gasteiger charge is 2.23. The molecule has 1 aliphatic heterocycles. The molecule has 3 rings (SSSR count). The van der Waals surface area contributed by atoms with Gasteiger partial charge in [0.15, 0.2) is 0 Å². The fourth-order valence-electron chi connectivity index (χ4n) is 2.21. The van der Waals surface area contributed by atoms with Crippen molar-refractivity contribution < 1.29 is 17.6 Å². The van der Waals surface area contributed by atoms with Crippen molar-refractivity contribution in [1.82, 2.24) is 0 Å². The van der Waals surface area contributed by atoms with Gasteiger partial charge in [0.1, 0.15) is 5.82 Å². The lowest BCUT2D eigenvalue weighted by Crippen LogP contribution is -2.20. The molecule has 1 atom stereocenters. The maximum atomic E-state index is 13.2. The summed E-state index contributed by atoms with van der Waals surface area (Å²) in [5.74, 6) is -0.205. The summed E-state index contributed by atoms with van der Waals surface area (Å²) >= 11 is 1.50. The number of benzene rings is 2. The summed E-state index contributed by atoms with van der Waals surface area (Å²) in [4.78, 5) is 12.8. The molecular formula is C16H15FN2O3S2. The lowest BCUT2D eigenvalue weighted by atomic mass is 10.2. The maximum Gasteiger partial charge on any atom is 0.261 e. The second-order valence-electron chi connectivity index (χ2n) is 5.48. The molecule has 2 aromatic carbocycles. The molecule has 0 saturated carbocycles. The van der Waals surface area contributed by atoms with E-state index in [1.807, 2.05) is 6.92 Å². The number of amides is 1. The summed E-state index contributed by atoms with van der Waals surface area (Å²) in [6.45, 7) is 1.82. The third kappa shape index (κ3) is 3.54. The smallest absolute Gasteiger partial charge is 0.261 e. The van der Waals surface area contributed by atoms with E-state index in [9.17, 15) is 17.6 Å². The Hall–Kier alpha value is -2.06. The molecule has 2 N–H and O–H groups in total. The number of carbonyl (C=O) groups is 1. The lowest BCUT2D eigenvalue weighted by molar-refractivity contribution is -0.118. The Labute approximate surface area is 143 Å². The standard InChI is InChI=1S/C16H15FN2O3S2/c1-10-9-23-15-6-5-13(8-14(15)18-16(10)20)24(21,22)19-12-4-2-3-11(17)7-12/h2-8,10,19H,9H2,1H3,(H,18,20)/t10-/m1/s1. The van der Waals surface area contributed by atoms with E-state index in [4.69, 9.17) is 0 Å². The lowest BCUT2D eigenvalue weighted by Gasteiger charge is -2.11. The van der Waals surface area contributed by atoms with Gasteiger partial charge in [-0.25, -0.2) is 12.8 Å². The van der Waals surface area contributed by atoms with Crippen molar-refractivity contribution in [3.8, 4) is 0 Å². The van der Waals surface area contributed by atoms with Crippen LogP contribution in [-0.2, 0) is 14.8 Å². The Morgan fingerprint density at radius 3 is 2.79 bits per heavy atom. The number of hydrogen-bond donors (Lipinski definition) is 2. The van der Waals surface area contributed by atoms with E-state index in [2.05, 4.69) is 10.0 Å². The number of fused-ring (bicyclic) bond motifs is 1. The van der Waals surface area contributed by atoms with Crippen LogP contribution in [0.4, 0.5) is 15.8 Å². The Kier molecular flexibility index (Phi) is 4.51. The molecule has 2 aromatic rings. The van der Waals surface area contributed by atoms with Crippen molar-refractivity contribution in [1.29, 1.82) is 0 Å². The number of halogens is 1. The molecule has 8 heteroatoms. The van der Waals surface area contributed by atoms with E-state index in [0.717, 1.165) is 11.0 Å². The number of carbonyl (C=O) groups excluding carboxylic acids is 1. The number of sulfonamides is 1. The fraction of sp³-hybridized carbons (Fsp3) is 0.188. The molecule has 0 unspecified atom stereocenters. The van der Waals surface area contributed by atoms with Gasteiger partial charge in [-0.3, -0.25) is 9.52 Å². The Morgan fingerprint density at radius 2 is 2.04 bits per heavy atom. The summed E-state index contributed by atoms with van der Waals surface area (Å²) in [6, 6.07) is 9.76. The fourth-order valence-corrected chi connectivity index (χ4v) is 4.30. The van der Waals surface area contributed by atoms with E-state index in [0.29, 0.717) is 11.4 Å². The number of nitrogens with one attached hydrogen (secondary N) is 2. The van der Waals surface area contributed by atoms with Crippen LogP contribution in [0, 0.1) is 11.7 Å². The molecule has 0 spiro atoms. The molecule has 0 fully saturated rings.